The molecule has 0 aromatic carbocycles. The lowest BCUT2D eigenvalue weighted by Crippen LogP contribution is -2.25. The molecule has 1 saturated heterocycles. The molecule has 0 radical (unpaired) electrons. The summed E-state index contributed by atoms with van der Waals surface area (Å²) in [6.45, 7) is 1.17. The first-order valence-corrected chi connectivity index (χ1v) is 5.55. The lowest BCUT2D eigenvalue weighted by molar-refractivity contribution is 0.557. The van der Waals surface area contributed by atoms with Gasteiger partial charge in [0.25, 0.3) is 0 Å². The first-order chi connectivity index (χ1) is 6.93. The summed E-state index contributed by atoms with van der Waals surface area (Å²) in [4.78, 5) is 0. The molecule has 1 aromatic heterocycles. The molecule has 2 aliphatic rings. The van der Waals surface area contributed by atoms with Crippen LogP contribution >= 0.6 is 0 Å². The molecule has 2 fully saturated rings. The summed E-state index contributed by atoms with van der Waals surface area (Å²) in [5, 5.41) is 11.7. The van der Waals surface area contributed by atoms with Crippen molar-refractivity contribution < 1.29 is 0 Å². The number of rotatable bonds is 3. The van der Waals surface area contributed by atoms with E-state index in [0.29, 0.717) is 12.1 Å². The first-order valence-electron chi connectivity index (χ1n) is 5.55. The fraction of sp³-hybridized carbons (Fsp3) is 0.800. The molecule has 1 N–H and O–H groups in total. The van der Waals surface area contributed by atoms with E-state index in [-0.39, 0.29) is 0 Å². The molecular formula is C10H16N4. The Hall–Kier alpha value is -0.900. The lowest BCUT2D eigenvalue weighted by Gasteiger charge is -2.10. The van der Waals surface area contributed by atoms with E-state index in [0.717, 1.165) is 6.42 Å². The van der Waals surface area contributed by atoms with E-state index in [1.807, 2.05) is 6.33 Å². The van der Waals surface area contributed by atoms with Gasteiger partial charge in [-0.2, -0.15) is 0 Å². The molecule has 1 aliphatic carbocycles. The van der Waals surface area contributed by atoms with Gasteiger partial charge >= 0.3 is 0 Å². The topological polar surface area (TPSA) is 42.7 Å². The number of nitrogens with zero attached hydrogens (tertiary/aromatic N) is 3. The Balaban J connectivity index is 1.71. The fourth-order valence-electron chi connectivity index (χ4n) is 2.22. The zero-order valence-corrected chi connectivity index (χ0v) is 8.32. The van der Waals surface area contributed by atoms with E-state index in [9.17, 15) is 0 Å². The van der Waals surface area contributed by atoms with Crippen molar-refractivity contribution in [1.29, 1.82) is 0 Å². The van der Waals surface area contributed by atoms with Gasteiger partial charge in [0.1, 0.15) is 12.2 Å². The van der Waals surface area contributed by atoms with Crippen molar-refractivity contribution in [1.82, 2.24) is 20.1 Å². The predicted octanol–water partition coefficient (Wildman–Crippen LogP) is 0.907. The summed E-state index contributed by atoms with van der Waals surface area (Å²) in [7, 11) is 0. The average molecular weight is 192 g/mol. The van der Waals surface area contributed by atoms with E-state index in [4.69, 9.17) is 0 Å². The first kappa shape index (κ1) is 8.41. The molecule has 14 heavy (non-hydrogen) atoms. The molecule has 1 aromatic rings. The van der Waals surface area contributed by atoms with Gasteiger partial charge in [-0.3, -0.25) is 0 Å². The van der Waals surface area contributed by atoms with Crippen LogP contribution in [0.15, 0.2) is 6.33 Å². The Labute approximate surface area is 83.7 Å². The highest BCUT2D eigenvalue weighted by atomic mass is 15.3. The smallest absolute Gasteiger partial charge is 0.134 e. The Morgan fingerprint density at radius 1 is 1.43 bits per heavy atom. The summed E-state index contributed by atoms with van der Waals surface area (Å²) in [5.74, 6) is 1.17. The monoisotopic (exact) mass is 192 g/mol. The molecule has 4 heteroatoms. The standard InChI is InChI=1S/C10H16N4/c1-2-8(11-5-1)6-10-13-12-7-14(10)9-3-4-9/h7-9,11H,1-6H2. The van der Waals surface area contributed by atoms with Crippen LogP contribution in [0.5, 0.6) is 0 Å². The van der Waals surface area contributed by atoms with Gasteiger partial charge < -0.3 is 9.88 Å². The zero-order chi connectivity index (χ0) is 9.38. The molecule has 0 amide bonds. The Morgan fingerprint density at radius 3 is 3.07 bits per heavy atom. The molecule has 1 aliphatic heterocycles. The minimum Gasteiger partial charge on any atom is -0.314 e. The molecule has 3 rings (SSSR count). The van der Waals surface area contributed by atoms with Crippen molar-refractivity contribution in [2.45, 2.75) is 44.2 Å². The normalized spacial score (nSPS) is 27.0. The summed E-state index contributed by atoms with van der Waals surface area (Å²) < 4.78 is 2.26. The Kier molecular flexibility index (Phi) is 2.01. The van der Waals surface area contributed by atoms with Crippen molar-refractivity contribution in [3.05, 3.63) is 12.2 Å². The highest BCUT2D eigenvalue weighted by molar-refractivity contribution is 4.98. The van der Waals surface area contributed by atoms with E-state index < -0.39 is 0 Å². The van der Waals surface area contributed by atoms with Crippen molar-refractivity contribution in [2.75, 3.05) is 6.54 Å². The van der Waals surface area contributed by atoms with E-state index in [2.05, 4.69) is 20.1 Å². The molecule has 1 saturated carbocycles. The van der Waals surface area contributed by atoms with Crippen LogP contribution in [0.2, 0.25) is 0 Å². The zero-order valence-electron chi connectivity index (χ0n) is 8.32. The van der Waals surface area contributed by atoms with Crippen LogP contribution in [0.1, 0.15) is 37.5 Å². The number of nitrogens with one attached hydrogen (secondary N) is 1. The molecule has 1 unspecified atom stereocenters. The number of aromatic nitrogens is 3. The van der Waals surface area contributed by atoms with Crippen LogP contribution in [0.25, 0.3) is 0 Å². The van der Waals surface area contributed by atoms with Gasteiger partial charge in [0, 0.05) is 18.5 Å². The van der Waals surface area contributed by atoms with Crippen molar-refractivity contribution in [3.63, 3.8) is 0 Å². The third kappa shape index (κ3) is 1.54. The van der Waals surface area contributed by atoms with Crippen LogP contribution in [0.4, 0.5) is 0 Å². The lowest BCUT2D eigenvalue weighted by atomic mass is 10.1. The second kappa shape index (κ2) is 3.35. The molecular weight excluding hydrogens is 176 g/mol. The van der Waals surface area contributed by atoms with Gasteiger partial charge in [-0.15, -0.1) is 10.2 Å². The Bertz CT molecular complexity index is 310. The van der Waals surface area contributed by atoms with Gasteiger partial charge in [-0.05, 0) is 32.2 Å². The van der Waals surface area contributed by atoms with Crippen molar-refractivity contribution in [3.8, 4) is 0 Å². The van der Waals surface area contributed by atoms with Crippen LogP contribution in [-0.2, 0) is 6.42 Å². The third-order valence-corrected chi connectivity index (χ3v) is 3.18. The molecule has 0 bridgehead atoms. The van der Waals surface area contributed by atoms with Crippen LogP contribution < -0.4 is 5.32 Å². The van der Waals surface area contributed by atoms with E-state index in [1.54, 1.807) is 0 Å². The average Bonchev–Trinajstić information content (AvgIpc) is 2.74. The van der Waals surface area contributed by atoms with E-state index in [1.165, 1.54) is 38.1 Å². The fourth-order valence-corrected chi connectivity index (χ4v) is 2.22. The maximum absolute atomic E-state index is 4.21. The van der Waals surface area contributed by atoms with Gasteiger partial charge in [-0.1, -0.05) is 0 Å². The maximum atomic E-state index is 4.21. The number of hydrogen-bond acceptors (Lipinski definition) is 3. The molecule has 1 atom stereocenters. The predicted molar refractivity (Wildman–Crippen MR) is 53.0 cm³/mol. The van der Waals surface area contributed by atoms with Crippen LogP contribution in [-0.4, -0.2) is 27.4 Å². The second-order valence-corrected chi connectivity index (χ2v) is 4.38. The molecule has 4 nitrogen and oxygen atoms in total. The van der Waals surface area contributed by atoms with Crippen LogP contribution in [0, 0.1) is 0 Å². The van der Waals surface area contributed by atoms with Gasteiger partial charge in [0.15, 0.2) is 0 Å². The Morgan fingerprint density at radius 2 is 2.36 bits per heavy atom. The second-order valence-electron chi connectivity index (χ2n) is 4.38. The van der Waals surface area contributed by atoms with Gasteiger partial charge in [0.2, 0.25) is 0 Å². The van der Waals surface area contributed by atoms with Gasteiger partial charge in [0.05, 0.1) is 0 Å². The third-order valence-electron chi connectivity index (χ3n) is 3.18. The molecule has 76 valence electrons. The van der Waals surface area contributed by atoms with Crippen LogP contribution in [0.3, 0.4) is 0 Å². The SMILES string of the molecule is c1nnc(CC2CCCN2)n1C1CC1. The summed E-state index contributed by atoms with van der Waals surface area (Å²) >= 11 is 0. The highest BCUT2D eigenvalue weighted by Gasteiger charge is 2.27. The summed E-state index contributed by atoms with van der Waals surface area (Å²) in [6, 6.07) is 1.35. The number of hydrogen-bond donors (Lipinski definition) is 1. The van der Waals surface area contributed by atoms with E-state index >= 15 is 0 Å². The summed E-state index contributed by atoms with van der Waals surface area (Å²) in [5.41, 5.74) is 0. The molecule has 2 heterocycles. The highest BCUT2D eigenvalue weighted by Crippen LogP contribution is 2.35. The minimum absolute atomic E-state index is 0.636. The quantitative estimate of drug-likeness (QED) is 0.774. The maximum Gasteiger partial charge on any atom is 0.134 e. The minimum atomic E-state index is 0.636. The summed E-state index contributed by atoms with van der Waals surface area (Å²) in [6.07, 6.45) is 8.16. The van der Waals surface area contributed by atoms with Crippen molar-refractivity contribution >= 4 is 0 Å². The van der Waals surface area contributed by atoms with Gasteiger partial charge in [-0.25, -0.2) is 0 Å². The largest absolute Gasteiger partial charge is 0.314 e. The molecule has 0 spiro atoms. The van der Waals surface area contributed by atoms with Crippen molar-refractivity contribution in [2.24, 2.45) is 0 Å².